The van der Waals surface area contributed by atoms with Crippen LogP contribution in [0.3, 0.4) is 0 Å². The zero-order valence-electron chi connectivity index (χ0n) is 5.30. The maximum absolute atomic E-state index is 9.28. The van der Waals surface area contributed by atoms with Crippen LogP contribution in [0.4, 0.5) is 0 Å². The fourth-order valence-electron chi connectivity index (χ4n) is 0.773. The summed E-state index contributed by atoms with van der Waals surface area (Å²) in [4.78, 5) is 0.0972. The summed E-state index contributed by atoms with van der Waals surface area (Å²) < 4.78 is 0. The molecule has 0 aromatic heterocycles. The number of hydrogen-bond acceptors (Lipinski definition) is 1. The second kappa shape index (κ2) is 3.56. The summed E-state index contributed by atoms with van der Waals surface area (Å²) in [6.45, 7) is 0. The number of allylic oxidation sites excluding steroid dienone is 3. The van der Waals surface area contributed by atoms with Crippen molar-refractivity contribution in [1.82, 2.24) is 0 Å². The molecule has 2 atom stereocenters. The van der Waals surface area contributed by atoms with Gasteiger partial charge in [-0.15, -0.1) is 0 Å². The molecule has 0 saturated carbocycles. The van der Waals surface area contributed by atoms with E-state index in [-0.39, 0.29) is 4.83 Å². The molecule has 0 fully saturated rings. The lowest BCUT2D eigenvalue weighted by atomic mass is 10.2. The van der Waals surface area contributed by atoms with Crippen molar-refractivity contribution in [2.75, 3.05) is 0 Å². The van der Waals surface area contributed by atoms with E-state index in [4.69, 9.17) is 11.6 Å². The van der Waals surface area contributed by atoms with Gasteiger partial charge in [0.05, 0.1) is 6.10 Å². The summed E-state index contributed by atoms with van der Waals surface area (Å²) in [5.41, 5.74) is 0. The summed E-state index contributed by atoms with van der Waals surface area (Å²) in [7, 11) is 0. The van der Waals surface area contributed by atoms with Gasteiger partial charge in [-0.25, -0.2) is 0 Å². The molecule has 3 heteroatoms. The molecule has 0 aromatic carbocycles. The molecule has 1 aliphatic rings. The van der Waals surface area contributed by atoms with Gasteiger partial charge in [0, 0.05) is 9.86 Å². The molecule has 1 aliphatic carbocycles. The molecule has 0 spiro atoms. The van der Waals surface area contributed by atoms with Crippen LogP contribution in [-0.2, 0) is 0 Å². The van der Waals surface area contributed by atoms with Crippen molar-refractivity contribution in [3.8, 4) is 0 Å². The largest absolute Gasteiger partial charge is 0.388 e. The SMILES string of the molecule is OC1C=C(Cl)C=CC[C@H]1Br. The Morgan fingerprint density at radius 2 is 2.40 bits per heavy atom. The molecule has 1 unspecified atom stereocenters. The highest BCUT2D eigenvalue weighted by Gasteiger charge is 2.13. The number of aliphatic hydroxyl groups is 1. The average molecular weight is 223 g/mol. The lowest BCUT2D eigenvalue weighted by Crippen LogP contribution is -2.15. The molecular weight excluding hydrogens is 215 g/mol. The molecule has 0 amide bonds. The second-order valence-corrected chi connectivity index (χ2v) is 3.81. The zero-order chi connectivity index (χ0) is 7.56. The van der Waals surface area contributed by atoms with Gasteiger partial charge in [0.15, 0.2) is 0 Å². The van der Waals surface area contributed by atoms with Crippen LogP contribution in [0.25, 0.3) is 0 Å². The number of alkyl halides is 1. The Balaban J connectivity index is 2.71. The molecule has 0 radical (unpaired) electrons. The molecule has 1 rings (SSSR count). The molecule has 10 heavy (non-hydrogen) atoms. The molecule has 0 aliphatic heterocycles. The van der Waals surface area contributed by atoms with Crippen LogP contribution in [-0.4, -0.2) is 16.0 Å². The highest BCUT2D eigenvalue weighted by atomic mass is 79.9. The van der Waals surface area contributed by atoms with Gasteiger partial charge in [0.1, 0.15) is 0 Å². The topological polar surface area (TPSA) is 20.2 Å². The molecule has 0 saturated heterocycles. The van der Waals surface area contributed by atoms with E-state index in [9.17, 15) is 5.11 Å². The molecule has 1 N–H and O–H groups in total. The predicted molar refractivity (Wildman–Crippen MR) is 46.4 cm³/mol. The third kappa shape index (κ3) is 2.11. The van der Waals surface area contributed by atoms with Gasteiger partial charge in [0.2, 0.25) is 0 Å². The lowest BCUT2D eigenvalue weighted by molar-refractivity contribution is 0.222. The highest BCUT2D eigenvalue weighted by molar-refractivity contribution is 9.09. The first-order chi connectivity index (χ1) is 4.70. The average Bonchev–Trinajstić information content (AvgIpc) is 1.96. The standard InChI is InChI=1S/C7H8BrClO/c8-6-3-1-2-5(9)4-7(6)10/h1-2,4,6-7,10H,3H2/t6-,7?/m1/s1. The van der Waals surface area contributed by atoms with Crippen molar-refractivity contribution in [3.05, 3.63) is 23.3 Å². The van der Waals surface area contributed by atoms with Crippen LogP contribution in [0.1, 0.15) is 6.42 Å². The van der Waals surface area contributed by atoms with Crippen LogP contribution in [0.15, 0.2) is 23.3 Å². The van der Waals surface area contributed by atoms with Crippen molar-refractivity contribution in [2.24, 2.45) is 0 Å². The van der Waals surface area contributed by atoms with Crippen molar-refractivity contribution in [3.63, 3.8) is 0 Å². The minimum Gasteiger partial charge on any atom is -0.388 e. The van der Waals surface area contributed by atoms with Crippen molar-refractivity contribution in [1.29, 1.82) is 0 Å². The van der Waals surface area contributed by atoms with Crippen LogP contribution in [0, 0.1) is 0 Å². The molecule has 0 heterocycles. The molecule has 1 nitrogen and oxygen atoms in total. The summed E-state index contributed by atoms with van der Waals surface area (Å²) in [5.74, 6) is 0. The minimum atomic E-state index is -0.470. The fraction of sp³-hybridized carbons (Fsp3) is 0.429. The van der Waals surface area contributed by atoms with Gasteiger partial charge in [-0.3, -0.25) is 0 Å². The normalized spacial score (nSPS) is 33.3. The Bertz CT molecular complexity index is 176. The highest BCUT2D eigenvalue weighted by Crippen LogP contribution is 2.19. The number of hydrogen-bond donors (Lipinski definition) is 1. The van der Waals surface area contributed by atoms with Crippen LogP contribution >= 0.6 is 27.5 Å². The summed E-state index contributed by atoms with van der Waals surface area (Å²) in [5, 5.41) is 9.89. The van der Waals surface area contributed by atoms with E-state index >= 15 is 0 Å². The minimum absolute atomic E-state index is 0.0972. The number of halogens is 2. The lowest BCUT2D eigenvalue weighted by Gasteiger charge is -2.08. The third-order valence-corrected chi connectivity index (χ3v) is 2.51. The maximum Gasteiger partial charge on any atom is 0.0866 e. The Morgan fingerprint density at radius 3 is 3.10 bits per heavy atom. The smallest absolute Gasteiger partial charge is 0.0866 e. The van der Waals surface area contributed by atoms with Crippen molar-refractivity contribution in [2.45, 2.75) is 17.4 Å². The van der Waals surface area contributed by atoms with Gasteiger partial charge < -0.3 is 5.11 Å². The summed E-state index contributed by atoms with van der Waals surface area (Å²) in [6, 6.07) is 0. The van der Waals surface area contributed by atoms with Crippen molar-refractivity contribution < 1.29 is 5.11 Å². The van der Waals surface area contributed by atoms with E-state index in [2.05, 4.69) is 15.9 Å². The van der Waals surface area contributed by atoms with E-state index < -0.39 is 6.10 Å². The van der Waals surface area contributed by atoms with E-state index in [1.54, 1.807) is 12.2 Å². The third-order valence-electron chi connectivity index (χ3n) is 1.34. The van der Waals surface area contributed by atoms with E-state index in [1.165, 1.54) is 0 Å². The van der Waals surface area contributed by atoms with Gasteiger partial charge in [-0.1, -0.05) is 33.6 Å². The Hall–Kier alpha value is 0.210. The molecule has 56 valence electrons. The fourth-order valence-corrected chi connectivity index (χ4v) is 1.36. The maximum atomic E-state index is 9.28. The van der Waals surface area contributed by atoms with Crippen molar-refractivity contribution >= 4 is 27.5 Å². The first-order valence-electron chi connectivity index (χ1n) is 3.06. The number of aliphatic hydroxyl groups excluding tert-OH is 1. The second-order valence-electron chi connectivity index (χ2n) is 2.20. The first-order valence-corrected chi connectivity index (χ1v) is 4.35. The van der Waals surface area contributed by atoms with Gasteiger partial charge >= 0.3 is 0 Å². The Morgan fingerprint density at radius 1 is 1.70 bits per heavy atom. The van der Waals surface area contributed by atoms with E-state index in [0.717, 1.165) is 6.42 Å². The number of rotatable bonds is 0. The summed E-state index contributed by atoms with van der Waals surface area (Å²) >= 11 is 9.00. The van der Waals surface area contributed by atoms with Crippen LogP contribution in [0.2, 0.25) is 0 Å². The van der Waals surface area contributed by atoms with E-state index in [0.29, 0.717) is 5.03 Å². The molecule has 0 aromatic rings. The first kappa shape index (κ1) is 8.31. The Kier molecular flexibility index (Phi) is 2.96. The predicted octanol–water partition coefficient (Wildman–Crippen LogP) is 2.19. The quantitative estimate of drug-likeness (QED) is 0.624. The van der Waals surface area contributed by atoms with Gasteiger partial charge in [-0.05, 0) is 18.6 Å². The molecule has 0 bridgehead atoms. The van der Waals surface area contributed by atoms with Crippen LogP contribution < -0.4 is 0 Å². The summed E-state index contributed by atoms with van der Waals surface area (Å²) in [6.07, 6.45) is 5.71. The van der Waals surface area contributed by atoms with Gasteiger partial charge in [-0.2, -0.15) is 0 Å². The van der Waals surface area contributed by atoms with E-state index in [1.807, 2.05) is 6.08 Å². The van der Waals surface area contributed by atoms with Crippen LogP contribution in [0.5, 0.6) is 0 Å². The molecular formula is C7H8BrClO. The Labute approximate surface area is 73.5 Å². The van der Waals surface area contributed by atoms with Gasteiger partial charge in [0.25, 0.3) is 0 Å². The zero-order valence-corrected chi connectivity index (χ0v) is 7.64. The monoisotopic (exact) mass is 222 g/mol.